The molecule has 1 atom stereocenters. The number of methoxy groups -OCH3 is 1. The molecule has 1 fully saturated rings. The Bertz CT molecular complexity index is 485. The fraction of sp³-hybridized carbons (Fsp3) is 0.571. The Morgan fingerprint density at radius 1 is 1.55 bits per heavy atom. The van der Waals surface area contributed by atoms with Crippen LogP contribution in [-0.4, -0.2) is 37.3 Å². The molecule has 0 aliphatic carbocycles. The van der Waals surface area contributed by atoms with Gasteiger partial charge in [0.05, 0.1) is 17.1 Å². The van der Waals surface area contributed by atoms with Gasteiger partial charge < -0.3 is 15.4 Å². The molecule has 1 aliphatic heterocycles. The van der Waals surface area contributed by atoms with E-state index in [-0.39, 0.29) is 16.1 Å². The van der Waals surface area contributed by atoms with Crippen LogP contribution < -0.4 is 10.6 Å². The minimum Gasteiger partial charge on any atom is -0.383 e. The Balaban J connectivity index is 2.12. The Labute approximate surface area is 118 Å². The molecule has 6 heteroatoms. The van der Waals surface area contributed by atoms with E-state index in [4.69, 9.17) is 4.74 Å². The van der Waals surface area contributed by atoms with Crippen molar-refractivity contribution in [1.82, 2.24) is 5.32 Å². The molecule has 1 unspecified atom stereocenters. The van der Waals surface area contributed by atoms with Crippen molar-refractivity contribution >= 4 is 11.4 Å². The maximum Gasteiger partial charge on any atom is 0.292 e. The van der Waals surface area contributed by atoms with Gasteiger partial charge in [0, 0.05) is 19.7 Å². The highest BCUT2D eigenvalue weighted by atomic mass is 16.6. The SMILES string of the molecule is COCC1(CNc2ccc(C)cc2[N+](=O)[O-])CCCN1. The molecule has 1 aliphatic rings. The molecule has 1 saturated heterocycles. The molecule has 0 amide bonds. The lowest BCUT2D eigenvalue weighted by atomic mass is 9.98. The Hall–Kier alpha value is -1.66. The van der Waals surface area contributed by atoms with Crippen LogP contribution in [-0.2, 0) is 4.74 Å². The van der Waals surface area contributed by atoms with Crippen molar-refractivity contribution in [2.75, 3.05) is 32.1 Å². The van der Waals surface area contributed by atoms with Gasteiger partial charge in [-0.3, -0.25) is 10.1 Å². The average Bonchev–Trinajstić information content (AvgIpc) is 2.86. The summed E-state index contributed by atoms with van der Waals surface area (Å²) in [5.74, 6) is 0. The number of nitrogens with zero attached hydrogens (tertiary/aromatic N) is 1. The maximum absolute atomic E-state index is 11.1. The summed E-state index contributed by atoms with van der Waals surface area (Å²) < 4.78 is 5.28. The standard InChI is InChI=1S/C14H21N3O3/c1-11-4-5-12(13(8-11)17(18)19)15-9-14(10-20-2)6-3-7-16-14/h4-5,8,15-16H,3,6-7,9-10H2,1-2H3. The van der Waals surface area contributed by atoms with Crippen molar-refractivity contribution in [3.8, 4) is 0 Å². The number of nitrogens with one attached hydrogen (secondary N) is 2. The number of anilines is 1. The Morgan fingerprint density at radius 2 is 2.35 bits per heavy atom. The van der Waals surface area contributed by atoms with Crippen LogP contribution in [0.4, 0.5) is 11.4 Å². The number of aryl methyl sites for hydroxylation is 1. The third kappa shape index (κ3) is 3.26. The van der Waals surface area contributed by atoms with Crippen molar-refractivity contribution in [1.29, 1.82) is 0 Å². The van der Waals surface area contributed by atoms with Crippen LogP contribution in [0.5, 0.6) is 0 Å². The third-order valence-corrected chi connectivity index (χ3v) is 3.72. The maximum atomic E-state index is 11.1. The van der Waals surface area contributed by atoms with E-state index in [2.05, 4.69) is 10.6 Å². The minimum absolute atomic E-state index is 0.121. The van der Waals surface area contributed by atoms with E-state index in [1.165, 1.54) is 0 Å². The summed E-state index contributed by atoms with van der Waals surface area (Å²) in [5.41, 5.74) is 1.43. The fourth-order valence-corrected chi connectivity index (χ4v) is 2.68. The number of ether oxygens (including phenoxy) is 1. The molecule has 110 valence electrons. The van der Waals surface area contributed by atoms with E-state index in [1.807, 2.05) is 13.0 Å². The van der Waals surface area contributed by atoms with Crippen molar-refractivity contribution in [3.63, 3.8) is 0 Å². The fourth-order valence-electron chi connectivity index (χ4n) is 2.68. The highest BCUT2D eigenvalue weighted by Gasteiger charge is 2.33. The summed E-state index contributed by atoms with van der Waals surface area (Å²) in [7, 11) is 1.68. The summed E-state index contributed by atoms with van der Waals surface area (Å²) >= 11 is 0. The second kappa shape index (κ2) is 6.19. The first-order chi connectivity index (χ1) is 9.56. The largest absolute Gasteiger partial charge is 0.383 e. The molecule has 0 saturated carbocycles. The van der Waals surface area contributed by atoms with Gasteiger partial charge in [-0.15, -0.1) is 0 Å². The Morgan fingerprint density at radius 3 is 2.95 bits per heavy atom. The number of rotatable bonds is 6. The molecule has 0 radical (unpaired) electrons. The molecule has 1 aromatic carbocycles. The van der Waals surface area contributed by atoms with Crippen LogP contribution in [0.25, 0.3) is 0 Å². The molecule has 6 nitrogen and oxygen atoms in total. The predicted molar refractivity (Wildman–Crippen MR) is 78.2 cm³/mol. The first-order valence-electron chi connectivity index (χ1n) is 6.79. The number of nitro groups is 1. The minimum atomic E-state index is -0.347. The van der Waals surface area contributed by atoms with Gasteiger partial charge in [0.1, 0.15) is 5.69 Å². The first kappa shape index (κ1) is 14.7. The van der Waals surface area contributed by atoms with Gasteiger partial charge in [-0.05, 0) is 37.9 Å². The lowest BCUT2D eigenvalue weighted by Gasteiger charge is -2.29. The van der Waals surface area contributed by atoms with E-state index < -0.39 is 0 Å². The zero-order valence-corrected chi connectivity index (χ0v) is 11.9. The van der Waals surface area contributed by atoms with Gasteiger partial charge in [0.2, 0.25) is 0 Å². The van der Waals surface area contributed by atoms with Crippen LogP contribution >= 0.6 is 0 Å². The second-order valence-corrected chi connectivity index (χ2v) is 5.37. The first-order valence-corrected chi connectivity index (χ1v) is 6.79. The van der Waals surface area contributed by atoms with E-state index >= 15 is 0 Å². The quantitative estimate of drug-likeness (QED) is 0.616. The molecular weight excluding hydrogens is 258 g/mol. The summed E-state index contributed by atoms with van der Waals surface area (Å²) in [4.78, 5) is 10.8. The van der Waals surface area contributed by atoms with Gasteiger partial charge in [0.15, 0.2) is 0 Å². The van der Waals surface area contributed by atoms with E-state index in [0.717, 1.165) is 24.9 Å². The van der Waals surface area contributed by atoms with Gasteiger partial charge >= 0.3 is 0 Å². The number of nitro benzene ring substituents is 1. The van der Waals surface area contributed by atoms with Crippen molar-refractivity contribution in [3.05, 3.63) is 33.9 Å². The van der Waals surface area contributed by atoms with Crippen molar-refractivity contribution in [2.24, 2.45) is 0 Å². The van der Waals surface area contributed by atoms with E-state index in [9.17, 15) is 10.1 Å². The predicted octanol–water partition coefficient (Wildman–Crippen LogP) is 2.08. The molecule has 20 heavy (non-hydrogen) atoms. The molecule has 0 spiro atoms. The lowest BCUT2D eigenvalue weighted by Crippen LogP contribution is -2.49. The highest BCUT2D eigenvalue weighted by Crippen LogP contribution is 2.27. The monoisotopic (exact) mass is 279 g/mol. The van der Waals surface area contributed by atoms with Crippen LogP contribution in [0.2, 0.25) is 0 Å². The highest BCUT2D eigenvalue weighted by molar-refractivity contribution is 5.62. The molecule has 2 rings (SSSR count). The second-order valence-electron chi connectivity index (χ2n) is 5.37. The van der Waals surface area contributed by atoms with Gasteiger partial charge in [0.25, 0.3) is 5.69 Å². The van der Waals surface area contributed by atoms with Gasteiger partial charge in [-0.25, -0.2) is 0 Å². The molecule has 1 heterocycles. The van der Waals surface area contributed by atoms with E-state index in [1.54, 1.807) is 19.2 Å². The van der Waals surface area contributed by atoms with Crippen molar-refractivity contribution in [2.45, 2.75) is 25.3 Å². The van der Waals surface area contributed by atoms with Crippen LogP contribution in [0.15, 0.2) is 18.2 Å². The third-order valence-electron chi connectivity index (χ3n) is 3.72. The zero-order chi connectivity index (χ0) is 14.6. The van der Waals surface area contributed by atoms with Crippen molar-refractivity contribution < 1.29 is 9.66 Å². The number of hydrogen-bond donors (Lipinski definition) is 2. The van der Waals surface area contributed by atoms with Crippen LogP contribution in [0.3, 0.4) is 0 Å². The molecule has 0 bridgehead atoms. The normalized spacial score (nSPS) is 21.9. The topological polar surface area (TPSA) is 76.4 Å². The number of benzene rings is 1. The van der Waals surface area contributed by atoms with Crippen LogP contribution in [0, 0.1) is 17.0 Å². The summed E-state index contributed by atoms with van der Waals surface area (Å²) in [6.45, 7) is 4.02. The number of hydrogen-bond acceptors (Lipinski definition) is 5. The summed E-state index contributed by atoms with van der Waals surface area (Å²) in [6, 6.07) is 5.23. The molecule has 2 N–H and O–H groups in total. The molecular formula is C14H21N3O3. The van der Waals surface area contributed by atoms with Gasteiger partial charge in [-0.1, -0.05) is 6.07 Å². The molecule has 0 aromatic heterocycles. The lowest BCUT2D eigenvalue weighted by molar-refractivity contribution is -0.384. The van der Waals surface area contributed by atoms with E-state index in [0.29, 0.717) is 18.8 Å². The summed E-state index contributed by atoms with van der Waals surface area (Å²) in [5, 5.41) is 17.8. The summed E-state index contributed by atoms with van der Waals surface area (Å²) in [6.07, 6.45) is 2.11. The van der Waals surface area contributed by atoms with Gasteiger partial charge in [-0.2, -0.15) is 0 Å². The zero-order valence-electron chi connectivity index (χ0n) is 11.9. The average molecular weight is 279 g/mol. The van der Waals surface area contributed by atoms with Crippen LogP contribution in [0.1, 0.15) is 18.4 Å². The Kier molecular flexibility index (Phi) is 4.57. The smallest absolute Gasteiger partial charge is 0.292 e. The molecule has 1 aromatic rings.